The molecule has 0 saturated heterocycles. The van der Waals surface area contributed by atoms with Crippen molar-refractivity contribution in [3.63, 3.8) is 0 Å². The summed E-state index contributed by atoms with van der Waals surface area (Å²) < 4.78 is 6.53. The maximum atomic E-state index is 10.0. The number of aliphatic hydroxyl groups is 1. The van der Waals surface area contributed by atoms with Gasteiger partial charge in [0, 0.05) is 26.3 Å². The lowest BCUT2D eigenvalue weighted by Crippen LogP contribution is -2.13. The molecule has 1 rings (SSSR count). The van der Waals surface area contributed by atoms with E-state index in [-0.39, 0.29) is 5.92 Å². The van der Waals surface area contributed by atoms with Gasteiger partial charge in [0.2, 0.25) is 0 Å². The molecule has 1 heterocycles. The summed E-state index contributed by atoms with van der Waals surface area (Å²) in [6, 6.07) is 0. The van der Waals surface area contributed by atoms with Crippen LogP contribution >= 0.6 is 0 Å². The molecular formula is C10H19N3O2. The summed E-state index contributed by atoms with van der Waals surface area (Å²) in [7, 11) is 3.41. The number of hydrogen-bond donors (Lipinski definition) is 2. The summed E-state index contributed by atoms with van der Waals surface area (Å²) >= 11 is 0. The monoisotopic (exact) mass is 213 g/mol. The van der Waals surface area contributed by atoms with Crippen LogP contribution in [0.1, 0.15) is 25.0 Å². The van der Waals surface area contributed by atoms with Gasteiger partial charge in [-0.25, -0.2) is 0 Å². The second-order valence-corrected chi connectivity index (χ2v) is 3.81. The number of aliphatic hydroxyl groups excluding tert-OH is 1. The number of aromatic nitrogens is 2. The van der Waals surface area contributed by atoms with E-state index in [9.17, 15) is 5.11 Å². The van der Waals surface area contributed by atoms with Crippen LogP contribution in [0.25, 0.3) is 0 Å². The van der Waals surface area contributed by atoms with Crippen molar-refractivity contribution in [2.45, 2.75) is 19.4 Å². The van der Waals surface area contributed by atoms with E-state index < -0.39 is 6.10 Å². The number of nitrogens with two attached hydrogens (primary N) is 1. The zero-order valence-electron chi connectivity index (χ0n) is 9.47. The number of rotatable bonds is 5. The number of aryl methyl sites for hydroxylation is 1. The molecule has 15 heavy (non-hydrogen) atoms. The van der Waals surface area contributed by atoms with E-state index >= 15 is 0 Å². The summed E-state index contributed by atoms with van der Waals surface area (Å²) in [5.74, 6) is 0.628. The first-order valence-corrected chi connectivity index (χ1v) is 5.02. The number of ether oxygens (including phenoxy) is 1. The van der Waals surface area contributed by atoms with Crippen LogP contribution < -0.4 is 5.73 Å². The van der Waals surface area contributed by atoms with Gasteiger partial charge < -0.3 is 15.6 Å². The molecule has 0 fully saturated rings. The predicted molar refractivity (Wildman–Crippen MR) is 58.2 cm³/mol. The number of nitrogen functional groups attached to an aromatic ring is 1. The van der Waals surface area contributed by atoms with Crippen LogP contribution in [0.3, 0.4) is 0 Å². The smallest absolute Gasteiger partial charge is 0.127 e. The highest BCUT2D eigenvalue weighted by Crippen LogP contribution is 2.27. The van der Waals surface area contributed by atoms with Crippen molar-refractivity contribution in [2.24, 2.45) is 13.0 Å². The molecule has 0 aliphatic rings. The lowest BCUT2D eigenvalue weighted by atomic mass is 9.96. The Morgan fingerprint density at radius 2 is 2.33 bits per heavy atom. The van der Waals surface area contributed by atoms with E-state index in [2.05, 4.69) is 5.10 Å². The summed E-state index contributed by atoms with van der Waals surface area (Å²) in [6.07, 6.45) is 1.84. The summed E-state index contributed by atoms with van der Waals surface area (Å²) in [5, 5.41) is 14.0. The van der Waals surface area contributed by atoms with Gasteiger partial charge in [-0.3, -0.25) is 4.68 Å². The molecule has 0 bridgehead atoms. The minimum atomic E-state index is -0.575. The predicted octanol–water partition coefficient (Wildman–Crippen LogP) is 0.708. The molecule has 0 saturated carbocycles. The second-order valence-electron chi connectivity index (χ2n) is 3.81. The van der Waals surface area contributed by atoms with Crippen molar-refractivity contribution in [1.29, 1.82) is 0 Å². The topological polar surface area (TPSA) is 73.3 Å². The van der Waals surface area contributed by atoms with Crippen molar-refractivity contribution in [2.75, 3.05) is 19.5 Å². The molecule has 2 unspecified atom stereocenters. The number of methoxy groups -OCH3 is 1. The Bertz CT molecular complexity index is 312. The molecule has 0 radical (unpaired) electrons. The molecular weight excluding hydrogens is 194 g/mol. The standard InChI is InChI=1S/C10H19N3O2/c1-7(4-5-15-3)9(14)8-6-12-13(2)10(8)11/h6-7,9,14H,4-5,11H2,1-3H3. The molecule has 3 N–H and O–H groups in total. The molecule has 5 nitrogen and oxygen atoms in total. The fraction of sp³-hybridized carbons (Fsp3) is 0.700. The highest BCUT2D eigenvalue weighted by Gasteiger charge is 2.20. The van der Waals surface area contributed by atoms with Crippen molar-refractivity contribution < 1.29 is 9.84 Å². The van der Waals surface area contributed by atoms with Gasteiger partial charge >= 0.3 is 0 Å². The highest BCUT2D eigenvalue weighted by atomic mass is 16.5. The van der Waals surface area contributed by atoms with E-state index in [1.165, 1.54) is 0 Å². The Hall–Kier alpha value is -1.07. The van der Waals surface area contributed by atoms with Gasteiger partial charge in [0.1, 0.15) is 5.82 Å². The van der Waals surface area contributed by atoms with Gasteiger partial charge in [0.15, 0.2) is 0 Å². The lowest BCUT2D eigenvalue weighted by molar-refractivity contribution is 0.0891. The summed E-state index contributed by atoms with van der Waals surface area (Å²) in [4.78, 5) is 0. The SMILES string of the molecule is COCCC(C)C(O)c1cnn(C)c1N. The Labute approximate surface area is 89.8 Å². The largest absolute Gasteiger partial charge is 0.388 e. The Morgan fingerprint density at radius 3 is 2.80 bits per heavy atom. The van der Waals surface area contributed by atoms with E-state index in [0.29, 0.717) is 18.0 Å². The molecule has 2 atom stereocenters. The molecule has 86 valence electrons. The van der Waals surface area contributed by atoms with Gasteiger partial charge in [-0.1, -0.05) is 6.92 Å². The van der Waals surface area contributed by atoms with Crippen LogP contribution in [0, 0.1) is 5.92 Å². The van der Waals surface area contributed by atoms with Crippen LogP contribution in [-0.2, 0) is 11.8 Å². The third-order valence-electron chi connectivity index (χ3n) is 2.65. The van der Waals surface area contributed by atoms with Crippen LogP contribution in [-0.4, -0.2) is 28.6 Å². The molecule has 0 aliphatic heterocycles. The molecule has 0 amide bonds. The fourth-order valence-corrected chi connectivity index (χ4v) is 1.46. The zero-order valence-corrected chi connectivity index (χ0v) is 9.47. The first-order chi connectivity index (χ1) is 7.07. The van der Waals surface area contributed by atoms with Gasteiger partial charge in [0.25, 0.3) is 0 Å². The first-order valence-electron chi connectivity index (χ1n) is 5.02. The van der Waals surface area contributed by atoms with Gasteiger partial charge in [-0.2, -0.15) is 5.10 Å². The van der Waals surface area contributed by atoms with Crippen molar-refractivity contribution >= 4 is 5.82 Å². The first kappa shape index (κ1) is 12.0. The maximum absolute atomic E-state index is 10.0. The fourth-order valence-electron chi connectivity index (χ4n) is 1.46. The summed E-state index contributed by atoms with van der Waals surface area (Å²) in [6.45, 7) is 2.61. The van der Waals surface area contributed by atoms with Gasteiger partial charge in [-0.15, -0.1) is 0 Å². The number of nitrogens with zero attached hydrogens (tertiary/aromatic N) is 2. The van der Waals surface area contributed by atoms with Crippen LogP contribution in [0.5, 0.6) is 0 Å². The molecule has 5 heteroatoms. The van der Waals surface area contributed by atoms with E-state index in [0.717, 1.165) is 6.42 Å². The minimum absolute atomic E-state index is 0.108. The number of anilines is 1. The normalized spacial score (nSPS) is 15.2. The summed E-state index contributed by atoms with van der Waals surface area (Å²) in [5.41, 5.74) is 6.47. The Kier molecular flexibility index (Phi) is 4.11. The Balaban J connectivity index is 2.67. The van der Waals surface area contributed by atoms with E-state index in [1.807, 2.05) is 6.92 Å². The highest BCUT2D eigenvalue weighted by molar-refractivity contribution is 5.40. The van der Waals surface area contributed by atoms with Crippen LogP contribution in [0.15, 0.2) is 6.20 Å². The average molecular weight is 213 g/mol. The average Bonchev–Trinajstić information content (AvgIpc) is 2.55. The van der Waals surface area contributed by atoms with Crippen LogP contribution in [0.2, 0.25) is 0 Å². The third kappa shape index (κ3) is 2.70. The lowest BCUT2D eigenvalue weighted by Gasteiger charge is -2.17. The van der Waals surface area contributed by atoms with Crippen molar-refractivity contribution in [1.82, 2.24) is 9.78 Å². The minimum Gasteiger partial charge on any atom is -0.388 e. The van der Waals surface area contributed by atoms with E-state index in [4.69, 9.17) is 10.5 Å². The van der Waals surface area contributed by atoms with Crippen molar-refractivity contribution in [3.05, 3.63) is 11.8 Å². The zero-order chi connectivity index (χ0) is 11.4. The molecule has 0 aromatic carbocycles. The second kappa shape index (κ2) is 5.14. The quantitative estimate of drug-likeness (QED) is 0.755. The molecule has 1 aromatic heterocycles. The maximum Gasteiger partial charge on any atom is 0.127 e. The van der Waals surface area contributed by atoms with E-state index in [1.54, 1.807) is 25.0 Å². The Morgan fingerprint density at radius 1 is 1.67 bits per heavy atom. The molecule has 1 aromatic rings. The molecule has 0 spiro atoms. The molecule has 0 aliphatic carbocycles. The third-order valence-corrected chi connectivity index (χ3v) is 2.65. The van der Waals surface area contributed by atoms with Gasteiger partial charge in [-0.05, 0) is 12.3 Å². The van der Waals surface area contributed by atoms with Crippen LogP contribution in [0.4, 0.5) is 5.82 Å². The van der Waals surface area contributed by atoms with Crippen molar-refractivity contribution in [3.8, 4) is 0 Å². The number of hydrogen-bond acceptors (Lipinski definition) is 4. The van der Waals surface area contributed by atoms with Gasteiger partial charge in [0.05, 0.1) is 12.3 Å².